The average molecular weight is 372 g/mol. The van der Waals surface area contributed by atoms with E-state index in [0.29, 0.717) is 11.8 Å². The van der Waals surface area contributed by atoms with Crippen molar-refractivity contribution < 1.29 is 19.1 Å². The number of ether oxygens (including phenoxy) is 2. The predicted octanol–water partition coefficient (Wildman–Crippen LogP) is 3.41. The molecule has 0 aromatic heterocycles. The zero-order chi connectivity index (χ0) is 16.6. The summed E-state index contributed by atoms with van der Waals surface area (Å²) in [6.45, 7) is 5.50. The molecule has 1 rings (SSSR count). The molecular formula is C16H22BrNO4. The number of hydrogen-bond donors (Lipinski definition) is 1. The fraction of sp³-hybridized carbons (Fsp3) is 0.500. The first kappa shape index (κ1) is 18.5. The number of benzene rings is 1. The van der Waals surface area contributed by atoms with E-state index >= 15 is 0 Å². The molecule has 1 aromatic rings. The van der Waals surface area contributed by atoms with Gasteiger partial charge in [0.25, 0.3) is 0 Å². The number of alkyl carbamates (subject to hydrolysis) is 1. The maximum Gasteiger partial charge on any atom is 0.408 e. The van der Waals surface area contributed by atoms with Crippen LogP contribution in [-0.2, 0) is 20.9 Å². The predicted molar refractivity (Wildman–Crippen MR) is 87.8 cm³/mol. The number of amides is 1. The van der Waals surface area contributed by atoms with Crippen LogP contribution in [0.5, 0.6) is 0 Å². The van der Waals surface area contributed by atoms with Gasteiger partial charge in [-0.3, -0.25) is 0 Å². The van der Waals surface area contributed by atoms with E-state index < -0.39 is 23.7 Å². The molecule has 0 fully saturated rings. The molecule has 22 heavy (non-hydrogen) atoms. The van der Waals surface area contributed by atoms with Crippen LogP contribution in [0.4, 0.5) is 4.79 Å². The van der Waals surface area contributed by atoms with Gasteiger partial charge in [-0.1, -0.05) is 46.3 Å². The van der Waals surface area contributed by atoms with E-state index in [4.69, 9.17) is 9.47 Å². The Labute approximate surface area is 139 Å². The van der Waals surface area contributed by atoms with E-state index in [1.54, 1.807) is 20.8 Å². The minimum atomic E-state index is -0.734. The topological polar surface area (TPSA) is 64.6 Å². The third-order valence-corrected chi connectivity index (χ3v) is 3.05. The van der Waals surface area contributed by atoms with Crippen LogP contribution >= 0.6 is 15.9 Å². The molecule has 1 N–H and O–H groups in total. The monoisotopic (exact) mass is 371 g/mol. The Bertz CT molecular complexity index is 485. The van der Waals surface area contributed by atoms with Gasteiger partial charge in [0.05, 0.1) is 0 Å². The van der Waals surface area contributed by atoms with Gasteiger partial charge in [-0.05, 0) is 32.8 Å². The van der Waals surface area contributed by atoms with Crippen molar-refractivity contribution in [2.75, 3.05) is 5.33 Å². The summed E-state index contributed by atoms with van der Waals surface area (Å²) in [7, 11) is 0. The highest BCUT2D eigenvalue weighted by molar-refractivity contribution is 9.09. The fourth-order valence-corrected chi connectivity index (χ4v) is 2.10. The molecule has 1 aromatic carbocycles. The lowest BCUT2D eigenvalue weighted by Crippen LogP contribution is -2.44. The van der Waals surface area contributed by atoms with Gasteiger partial charge in [-0.15, -0.1) is 0 Å². The van der Waals surface area contributed by atoms with Crippen molar-refractivity contribution in [2.45, 2.75) is 45.4 Å². The number of esters is 1. The largest absolute Gasteiger partial charge is 0.458 e. The van der Waals surface area contributed by atoms with Crippen molar-refractivity contribution >= 4 is 28.0 Å². The van der Waals surface area contributed by atoms with E-state index in [-0.39, 0.29) is 6.61 Å². The Kier molecular flexibility index (Phi) is 7.38. The van der Waals surface area contributed by atoms with Crippen LogP contribution in [0.2, 0.25) is 0 Å². The number of hydrogen-bond acceptors (Lipinski definition) is 4. The molecule has 1 amide bonds. The normalized spacial score (nSPS) is 12.4. The van der Waals surface area contributed by atoms with Gasteiger partial charge in [0.1, 0.15) is 18.2 Å². The zero-order valence-corrected chi connectivity index (χ0v) is 14.7. The summed E-state index contributed by atoms with van der Waals surface area (Å²) < 4.78 is 10.4. The third-order valence-electron chi connectivity index (χ3n) is 2.59. The van der Waals surface area contributed by atoms with E-state index in [1.807, 2.05) is 30.3 Å². The first-order valence-corrected chi connectivity index (χ1v) is 8.20. The maximum atomic E-state index is 12.0. The van der Waals surface area contributed by atoms with Crippen LogP contribution in [0.25, 0.3) is 0 Å². The van der Waals surface area contributed by atoms with E-state index in [2.05, 4.69) is 21.2 Å². The molecule has 0 aliphatic heterocycles. The Morgan fingerprint density at radius 3 is 2.41 bits per heavy atom. The van der Waals surface area contributed by atoms with E-state index in [1.165, 1.54) is 0 Å². The molecule has 0 radical (unpaired) electrons. The minimum absolute atomic E-state index is 0.155. The lowest BCUT2D eigenvalue weighted by molar-refractivity contribution is -0.157. The molecule has 0 spiro atoms. The minimum Gasteiger partial charge on any atom is -0.458 e. The van der Waals surface area contributed by atoms with Gasteiger partial charge in [0.2, 0.25) is 0 Å². The van der Waals surface area contributed by atoms with Crippen molar-refractivity contribution in [3.05, 3.63) is 35.9 Å². The molecule has 0 saturated carbocycles. The molecule has 0 bridgehead atoms. The molecule has 0 aliphatic rings. The van der Waals surface area contributed by atoms with Crippen LogP contribution in [0.15, 0.2) is 30.3 Å². The Balaban J connectivity index is 2.51. The summed E-state index contributed by atoms with van der Waals surface area (Å²) in [6.07, 6.45) is -0.212. The van der Waals surface area contributed by atoms with Crippen LogP contribution in [0.3, 0.4) is 0 Å². The lowest BCUT2D eigenvalue weighted by Gasteiger charge is -2.24. The molecule has 0 saturated heterocycles. The van der Waals surface area contributed by atoms with Crippen molar-refractivity contribution in [3.8, 4) is 0 Å². The van der Waals surface area contributed by atoms with Gasteiger partial charge < -0.3 is 14.8 Å². The van der Waals surface area contributed by atoms with Gasteiger partial charge >= 0.3 is 12.1 Å². The summed E-state index contributed by atoms with van der Waals surface area (Å²) >= 11 is 3.26. The quantitative estimate of drug-likeness (QED) is 0.614. The first-order chi connectivity index (χ1) is 10.3. The van der Waals surface area contributed by atoms with Crippen LogP contribution in [0.1, 0.15) is 32.8 Å². The molecular weight excluding hydrogens is 350 g/mol. The van der Waals surface area contributed by atoms with Crippen LogP contribution in [-0.4, -0.2) is 29.0 Å². The van der Waals surface area contributed by atoms with Gasteiger partial charge in [-0.2, -0.15) is 0 Å². The molecule has 122 valence electrons. The number of nitrogens with one attached hydrogen (secondary N) is 1. The smallest absolute Gasteiger partial charge is 0.408 e. The highest BCUT2D eigenvalue weighted by atomic mass is 79.9. The highest BCUT2D eigenvalue weighted by Gasteiger charge is 2.26. The molecule has 6 heteroatoms. The number of alkyl halides is 1. The van der Waals surface area contributed by atoms with E-state index in [9.17, 15) is 9.59 Å². The summed E-state index contributed by atoms with van der Waals surface area (Å²) in [5.74, 6) is -0.469. The summed E-state index contributed by atoms with van der Waals surface area (Å²) in [5, 5.41) is 3.11. The SMILES string of the molecule is CC(C)(C)OC(=O)[C@H](CCBr)NC(=O)OCc1ccccc1. The molecule has 0 aliphatic carbocycles. The molecule has 1 atom stereocenters. The molecule has 0 heterocycles. The average Bonchev–Trinajstić information content (AvgIpc) is 2.44. The Morgan fingerprint density at radius 2 is 1.86 bits per heavy atom. The van der Waals surface area contributed by atoms with Crippen molar-refractivity contribution in [3.63, 3.8) is 0 Å². The fourth-order valence-electron chi connectivity index (χ4n) is 1.64. The van der Waals surface area contributed by atoms with Crippen molar-refractivity contribution in [1.82, 2.24) is 5.32 Å². The molecule has 5 nitrogen and oxygen atoms in total. The summed E-state index contributed by atoms with van der Waals surface area (Å²) in [4.78, 5) is 23.9. The Hall–Kier alpha value is -1.56. The van der Waals surface area contributed by atoms with Crippen LogP contribution in [0, 0.1) is 0 Å². The summed E-state index contributed by atoms with van der Waals surface area (Å²) in [5.41, 5.74) is 0.282. The number of carbonyl (C=O) groups excluding carboxylic acids is 2. The lowest BCUT2D eigenvalue weighted by atomic mass is 10.1. The van der Waals surface area contributed by atoms with Gasteiger partial charge in [0, 0.05) is 5.33 Å². The van der Waals surface area contributed by atoms with Crippen molar-refractivity contribution in [2.24, 2.45) is 0 Å². The van der Waals surface area contributed by atoms with Gasteiger partial charge in [-0.25, -0.2) is 9.59 Å². The highest BCUT2D eigenvalue weighted by Crippen LogP contribution is 2.11. The first-order valence-electron chi connectivity index (χ1n) is 7.08. The molecule has 0 unspecified atom stereocenters. The van der Waals surface area contributed by atoms with E-state index in [0.717, 1.165) is 5.56 Å². The Morgan fingerprint density at radius 1 is 1.23 bits per heavy atom. The second-order valence-corrected chi connectivity index (χ2v) is 6.56. The van der Waals surface area contributed by atoms with Gasteiger partial charge in [0.15, 0.2) is 0 Å². The zero-order valence-electron chi connectivity index (χ0n) is 13.1. The second kappa shape index (κ2) is 8.78. The summed E-state index contributed by atoms with van der Waals surface area (Å²) in [6, 6.07) is 8.60. The number of carbonyl (C=O) groups is 2. The third kappa shape index (κ3) is 7.45. The number of rotatable bonds is 6. The standard InChI is InChI=1S/C16H22BrNO4/c1-16(2,3)22-14(19)13(9-10-17)18-15(20)21-11-12-7-5-4-6-8-12/h4-8,13H,9-11H2,1-3H3,(H,18,20)/t13-/m0/s1. The second-order valence-electron chi connectivity index (χ2n) is 5.77. The van der Waals surface area contributed by atoms with Crippen LogP contribution < -0.4 is 5.32 Å². The maximum absolute atomic E-state index is 12.0. The van der Waals surface area contributed by atoms with Crippen molar-refractivity contribution in [1.29, 1.82) is 0 Å². The number of halogens is 1.